The quantitative estimate of drug-likeness (QED) is 0.730. The van der Waals surface area contributed by atoms with E-state index in [-0.39, 0.29) is 5.78 Å². The van der Waals surface area contributed by atoms with Gasteiger partial charge in [-0.3, -0.25) is 4.79 Å². The number of ether oxygens (including phenoxy) is 2. The molecular formula is C13H16O3. The molecule has 0 spiro atoms. The molecule has 0 aromatic heterocycles. The lowest BCUT2D eigenvalue weighted by molar-refractivity contribution is 0.0678. The normalized spacial score (nSPS) is 16.9. The summed E-state index contributed by atoms with van der Waals surface area (Å²) in [4.78, 5) is 12.1. The minimum absolute atomic E-state index is 0.0262. The van der Waals surface area contributed by atoms with Crippen molar-refractivity contribution in [2.45, 2.75) is 33.3 Å². The van der Waals surface area contributed by atoms with Crippen molar-refractivity contribution in [3.63, 3.8) is 0 Å². The summed E-state index contributed by atoms with van der Waals surface area (Å²) < 4.78 is 11.0. The van der Waals surface area contributed by atoms with Gasteiger partial charge in [-0.2, -0.15) is 0 Å². The molecule has 0 bridgehead atoms. The van der Waals surface area contributed by atoms with Crippen molar-refractivity contribution in [2.75, 3.05) is 7.11 Å². The van der Waals surface area contributed by atoms with E-state index in [1.165, 1.54) is 0 Å². The van der Waals surface area contributed by atoms with Crippen LogP contribution in [-0.2, 0) is 0 Å². The van der Waals surface area contributed by atoms with Crippen LogP contribution in [0.15, 0.2) is 6.07 Å². The van der Waals surface area contributed by atoms with Crippen LogP contribution in [0.1, 0.15) is 35.3 Å². The largest absolute Gasteiger partial charge is 0.493 e. The second-order valence-corrected chi connectivity index (χ2v) is 4.69. The molecule has 0 amide bonds. The highest BCUT2D eigenvalue weighted by atomic mass is 16.5. The van der Waals surface area contributed by atoms with Gasteiger partial charge in [0.15, 0.2) is 17.1 Å². The maximum Gasteiger partial charge on any atom is 0.209 e. The number of carbonyl (C=O) groups is 1. The van der Waals surface area contributed by atoms with Gasteiger partial charge in [0.25, 0.3) is 0 Å². The summed E-state index contributed by atoms with van der Waals surface area (Å²) in [7, 11) is 1.59. The van der Waals surface area contributed by atoms with E-state index in [1.54, 1.807) is 21.0 Å². The van der Waals surface area contributed by atoms with Crippen molar-refractivity contribution >= 4 is 5.78 Å². The van der Waals surface area contributed by atoms with Crippen LogP contribution in [0.5, 0.6) is 11.5 Å². The van der Waals surface area contributed by atoms with Gasteiger partial charge in [-0.25, -0.2) is 0 Å². The highest BCUT2D eigenvalue weighted by Gasteiger charge is 2.42. The molecule has 1 aromatic rings. The van der Waals surface area contributed by atoms with Crippen LogP contribution >= 0.6 is 0 Å². The van der Waals surface area contributed by atoms with Crippen molar-refractivity contribution in [2.24, 2.45) is 0 Å². The summed E-state index contributed by atoms with van der Waals surface area (Å²) in [5, 5.41) is 0. The highest BCUT2D eigenvalue weighted by Crippen LogP contribution is 2.45. The Morgan fingerprint density at radius 1 is 1.25 bits per heavy atom. The van der Waals surface area contributed by atoms with Crippen molar-refractivity contribution in [1.29, 1.82) is 0 Å². The molecule has 86 valence electrons. The summed E-state index contributed by atoms with van der Waals surface area (Å²) in [5.41, 5.74) is 1.81. The maximum atomic E-state index is 12.1. The fraction of sp³-hybridized carbons (Fsp3) is 0.462. The molecule has 0 radical (unpaired) electrons. The molecule has 2 rings (SSSR count). The SMILES string of the molecule is COc1c(C)cc(C)c2c1OC(C)(C)C2=O. The second-order valence-electron chi connectivity index (χ2n) is 4.69. The van der Waals surface area contributed by atoms with Crippen LogP contribution in [0.4, 0.5) is 0 Å². The Labute approximate surface area is 95.4 Å². The van der Waals surface area contributed by atoms with E-state index < -0.39 is 5.60 Å². The fourth-order valence-electron chi connectivity index (χ4n) is 2.17. The average molecular weight is 220 g/mol. The molecule has 0 unspecified atom stereocenters. The molecule has 0 atom stereocenters. The van der Waals surface area contributed by atoms with E-state index in [4.69, 9.17) is 9.47 Å². The molecule has 0 N–H and O–H groups in total. The van der Waals surface area contributed by atoms with Crippen LogP contribution < -0.4 is 9.47 Å². The van der Waals surface area contributed by atoms with Crippen molar-refractivity contribution in [3.8, 4) is 11.5 Å². The number of ketones is 1. The molecule has 1 aromatic carbocycles. The number of Topliss-reactive ketones (excluding diaryl/α,β-unsaturated/α-hetero) is 1. The summed E-state index contributed by atoms with van der Waals surface area (Å²) in [6.45, 7) is 7.44. The minimum atomic E-state index is -0.784. The van der Waals surface area contributed by atoms with Gasteiger partial charge in [0.1, 0.15) is 0 Å². The number of rotatable bonds is 1. The molecule has 0 saturated heterocycles. The zero-order chi connectivity index (χ0) is 12.1. The number of carbonyl (C=O) groups excluding carboxylic acids is 1. The molecule has 1 heterocycles. The Morgan fingerprint density at radius 2 is 1.88 bits per heavy atom. The molecule has 0 saturated carbocycles. The molecule has 3 nitrogen and oxygen atoms in total. The standard InChI is InChI=1S/C13H16O3/c1-7-6-8(2)10(15-5)11-9(7)12(14)13(3,4)16-11/h6H,1-5H3. The lowest BCUT2D eigenvalue weighted by Crippen LogP contribution is -2.32. The van der Waals surface area contributed by atoms with Crippen molar-refractivity contribution < 1.29 is 14.3 Å². The predicted molar refractivity (Wildman–Crippen MR) is 61.5 cm³/mol. The lowest BCUT2D eigenvalue weighted by Gasteiger charge is -2.16. The highest BCUT2D eigenvalue weighted by molar-refractivity contribution is 6.09. The van der Waals surface area contributed by atoms with Crippen molar-refractivity contribution in [3.05, 3.63) is 22.8 Å². The van der Waals surface area contributed by atoms with Gasteiger partial charge in [0.2, 0.25) is 5.78 Å². The van der Waals surface area contributed by atoms with Gasteiger partial charge in [0, 0.05) is 0 Å². The first kappa shape index (κ1) is 11.0. The first-order valence-electron chi connectivity index (χ1n) is 5.30. The Kier molecular flexibility index (Phi) is 2.22. The molecule has 16 heavy (non-hydrogen) atoms. The molecule has 0 aliphatic carbocycles. The van der Waals surface area contributed by atoms with E-state index in [1.807, 2.05) is 19.9 Å². The smallest absolute Gasteiger partial charge is 0.209 e. The number of benzene rings is 1. The number of aryl methyl sites for hydroxylation is 2. The van der Waals surface area contributed by atoms with Crippen LogP contribution in [0, 0.1) is 13.8 Å². The van der Waals surface area contributed by atoms with Crippen LogP contribution in [0.2, 0.25) is 0 Å². The summed E-state index contributed by atoms with van der Waals surface area (Å²) in [6.07, 6.45) is 0. The third kappa shape index (κ3) is 1.31. The van der Waals surface area contributed by atoms with Gasteiger partial charge in [0.05, 0.1) is 12.7 Å². The summed E-state index contributed by atoms with van der Waals surface area (Å²) >= 11 is 0. The maximum absolute atomic E-state index is 12.1. The van der Waals surface area contributed by atoms with Crippen LogP contribution in [0.3, 0.4) is 0 Å². The predicted octanol–water partition coefficient (Wildman–Crippen LogP) is 2.67. The van der Waals surface area contributed by atoms with E-state index in [0.717, 1.165) is 11.1 Å². The summed E-state index contributed by atoms with van der Waals surface area (Å²) in [6, 6.07) is 1.96. The monoisotopic (exact) mass is 220 g/mol. The molecule has 0 fully saturated rings. The Morgan fingerprint density at radius 3 is 2.44 bits per heavy atom. The molecule has 1 aliphatic rings. The van der Waals surface area contributed by atoms with E-state index >= 15 is 0 Å². The lowest BCUT2D eigenvalue weighted by atomic mass is 9.95. The topological polar surface area (TPSA) is 35.5 Å². The number of methoxy groups -OCH3 is 1. The first-order valence-corrected chi connectivity index (χ1v) is 5.30. The van der Waals surface area contributed by atoms with Gasteiger partial charge < -0.3 is 9.47 Å². The Hall–Kier alpha value is -1.51. The molecular weight excluding hydrogens is 204 g/mol. The average Bonchev–Trinajstić information content (AvgIpc) is 2.38. The van der Waals surface area contributed by atoms with Gasteiger partial charge in [-0.1, -0.05) is 6.07 Å². The minimum Gasteiger partial charge on any atom is -0.493 e. The third-order valence-electron chi connectivity index (χ3n) is 2.95. The Bertz CT molecular complexity index is 473. The van der Waals surface area contributed by atoms with Gasteiger partial charge in [-0.15, -0.1) is 0 Å². The zero-order valence-corrected chi connectivity index (χ0v) is 10.3. The first-order chi connectivity index (χ1) is 7.38. The van der Waals surface area contributed by atoms with Gasteiger partial charge >= 0.3 is 0 Å². The van der Waals surface area contributed by atoms with Crippen molar-refractivity contribution in [1.82, 2.24) is 0 Å². The summed E-state index contributed by atoms with van der Waals surface area (Å²) in [5.74, 6) is 1.29. The van der Waals surface area contributed by atoms with E-state index in [9.17, 15) is 4.79 Å². The molecule has 3 heteroatoms. The van der Waals surface area contributed by atoms with Gasteiger partial charge in [-0.05, 0) is 38.8 Å². The van der Waals surface area contributed by atoms with Crippen LogP contribution in [-0.4, -0.2) is 18.5 Å². The molecule has 1 aliphatic heterocycles. The van der Waals surface area contributed by atoms with Crippen LogP contribution in [0.25, 0.3) is 0 Å². The number of hydrogen-bond donors (Lipinski definition) is 0. The second kappa shape index (κ2) is 3.24. The zero-order valence-electron chi connectivity index (χ0n) is 10.3. The van der Waals surface area contributed by atoms with E-state index in [2.05, 4.69) is 0 Å². The fourth-order valence-corrected chi connectivity index (χ4v) is 2.17. The number of fused-ring (bicyclic) bond motifs is 1. The number of hydrogen-bond acceptors (Lipinski definition) is 3. The van der Waals surface area contributed by atoms with E-state index in [0.29, 0.717) is 17.1 Å². The third-order valence-corrected chi connectivity index (χ3v) is 2.95. The Balaban J connectivity index is 2.73.